The van der Waals surface area contributed by atoms with Crippen LogP contribution in [0, 0.1) is 23.6 Å². The van der Waals surface area contributed by atoms with E-state index in [1.807, 2.05) is 0 Å². The van der Waals surface area contributed by atoms with E-state index in [-0.39, 0.29) is 37.3 Å². The van der Waals surface area contributed by atoms with Crippen molar-refractivity contribution >= 4 is 23.5 Å². The van der Waals surface area contributed by atoms with Gasteiger partial charge in [-0.2, -0.15) is 26.3 Å². The van der Waals surface area contributed by atoms with Crippen LogP contribution in [0.15, 0.2) is 36.4 Å². The Morgan fingerprint density at radius 2 is 1.74 bits per heavy atom. The molecule has 2 fully saturated rings. The van der Waals surface area contributed by atoms with Crippen LogP contribution in [0.2, 0.25) is 0 Å². The molecular formula is C25H20F7N3O4. The van der Waals surface area contributed by atoms with Crippen molar-refractivity contribution in [2.45, 2.75) is 12.4 Å². The zero-order valence-corrected chi connectivity index (χ0v) is 20.2. The monoisotopic (exact) mass is 559 g/mol. The third-order valence-corrected chi connectivity index (χ3v) is 5.98. The third-order valence-electron chi connectivity index (χ3n) is 5.98. The molecule has 0 unspecified atom stereocenters. The molecule has 0 radical (unpaired) electrons. The number of carbonyl (C=O) groups excluding carboxylic acids is 2. The predicted molar refractivity (Wildman–Crippen MR) is 124 cm³/mol. The smallest absolute Gasteiger partial charge is 0.407 e. The van der Waals surface area contributed by atoms with Gasteiger partial charge in [0.2, 0.25) is 0 Å². The molecule has 14 heteroatoms. The lowest BCUT2D eigenvalue weighted by molar-refractivity contribution is -0.143. The van der Waals surface area contributed by atoms with Crippen molar-refractivity contribution < 1.29 is 49.8 Å². The van der Waals surface area contributed by atoms with Gasteiger partial charge in [0, 0.05) is 25.8 Å². The molecule has 4 rings (SSSR count). The second-order valence-electron chi connectivity index (χ2n) is 8.68. The van der Waals surface area contributed by atoms with Crippen LogP contribution in [0.1, 0.15) is 11.1 Å². The van der Waals surface area contributed by atoms with Gasteiger partial charge in [-0.3, -0.25) is 9.80 Å². The summed E-state index contributed by atoms with van der Waals surface area (Å²) in [5.74, 6) is 3.69. The first-order valence-corrected chi connectivity index (χ1v) is 11.4. The highest BCUT2D eigenvalue weighted by Crippen LogP contribution is 2.47. The SMILES string of the molecule is CN(C(=O)Oc1c(N2CCN(CC#CC3COC3)C2=O)cc(C(F)(F)F)cc1C(F)(F)F)c1ccc(F)cc1. The maximum atomic E-state index is 14.0. The number of amides is 3. The van der Waals surface area contributed by atoms with Crippen molar-refractivity contribution in [2.24, 2.45) is 5.92 Å². The molecule has 2 aromatic carbocycles. The number of ether oxygens (including phenoxy) is 2. The highest BCUT2D eigenvalue weighted by Gasteiger charge is 2.44. The molecule has 0 aliphatic carbocycles. The quantitative estimate of drug-likeness (QED) is 0.373. The molecular weight excluding hydrogens is 539 g/mol. The highest BCUT2D eigenvalue weighted by molar-refractivity contribution is 5.97. The Morgan fingerprint density at radius 1 is 1.08 bits per heavy atom. The van der Waals surface area contributed by atoms with Gasteiger partial charge in [0.15, 0.2) is 5.75 Å². The molecule has 0 spiro atoms. The average molecular weight is 559 g/mol. The number of halogens is 7. The summed E-state index contributed by atoms with van der Waals surface area (Å²) < 4.78 is 106. The number of alkyl halides is 6. The summed E-state index contributed by atoms with van der Waals surface area (Å²) in [5, 5.41) is 0. The van der Waals surface area contributed by atoms with E-state index in [2.05, 4.69) is 11.8 Å². The normalized spacial score (nSPS) is 16.1. The van der Waals surface area contributed by atoms with E-state index in [4.69, 9.17) is 9.47 Å². The number of anilines is 2. The van der Waals surface area contributed by atoms with Crippen LogP contribution in [0.5, 0.6) is 5.75 Å². The summed E-state index contributed by atoms with van der Waals surface area (Å²) in [6, 6.07) is 3.50. The molecule has 0 aromatic heterocycles. The first kappa shape index (κ1) is 28.0. The molecule has 39 heavy (non-hydrogen) atoms. The molecule has 2 saturated heterocycles. The van der Waals surface area contributed by atoms with Crippen molar-refractivity contribution in [3.8, 4) is 17.6 Å². The fourth-order valence-electron chi connectivity index (χ4n) is 3.78. The number of rotatable bonds is 4. The molecule has 2 aliphatic rings. The first-order chi connectivity index (χ1) is 18.3. The van der Waals surface area contributed by atoms with Crippen molar-refractivity contribution in [3.63, 3.8) is 0 Å². The summed E-state index contributed by atoms with van der Waals surface area (Å²) in [6.07, 6.45) is -12.0. The van der Waals surface area contributed by atoms with Crippen LogP contribution in [0.4, 0.5) is 51.7 Å². The van der Waals surface area contributed by atoms with Crippen LogP contribution in [-0.4, -0.2) is 56.9 Å². The Bertz CT molecular complexity index is 1310. The molecule has 2 aliphatic heterocycles. The van der Waals surface area contributed by atoms with Crippen molar-refractivity contribution in [1.29, 1.82) is 0 Å². The maximum absolute atomic E-state index is 14.0. The summed E-state index contributed by atoms with van der Waals surface area (Å²) >= 11 is 0. The lowest BCUT2D eigenvalue weighted by atomic mass is 10.1. The summed E-state index contributed by atoms with van der Waals surface area (Å²) in [6.45, 7) is 0.412. The van der Waals surface area contributed by atoms with Crippen LogP contribution in [-0.2, 0) is 17.1 Å². The Balaban J connectivity index is 1.72. The van der Waals surface area contributed by atoms with E-state index in [9.17, 15) is 40.3 Å². The van der Waals surface area contributed by atoms with Crippen molar-refractivity contribution in [2.75, 3.05) is 49.7 Å². The number of nitrogens with zero attached hydrogens (tertiary/aromatic N) is 3. The van der Waals surface area contributed by atoms with Gasteiger partial charge in [0.1, 0.15) is 11.4 Å². The van der Waals surface area contributed by atoms with Gasteiger partial charge in [-0.05, 0) is 36.4 Å². The molecule has 3 amide bonds. The number of urea groups is 1. The van der Waals surface area contributed by atoms with Gasteiger partial charge in [-0.1, -0.05) is 11.8 Å². The Kier molecular flexibility index (Phi) is 7.65. The molecule has 0 N–H and O–H groups in total. The zero-order valence-electron chi connectivity index (χ0n) is 20.2. The molecule has 0 atom stereocenters. The van der Waals surface area contributed by atoms with Gasteiger partial charge in [-0.25, -0.2) is 14.0 Å². The number of hydrogen-bond acceptors (Lipinski definition) is 4. The molecule has 7 nitrogen and oxygen atoms in total. The van der Waals surface area contributed by atoms with Crippen molar-refractivity contribution in [3.05, 3.63) is 53.3 Å². The first-order valence-electron chi connectivity index (χ1n) is 11.4. The Labute approximate surface area is 217 Å². The van der Waals surface area contributed by atoms with Gasteiger partial charge in [-0.15, -0.1) is 0 Å². The number of benzene rings is 2. The van der Waals surface area contributed by atoms with E-state index in [1.54, 1.807) is 0 Å². The standard InChI is InChI=1S/C25H20F7N3O4/c1-33(18-6-4-17(26)5-7-18)23(37)39-21-19(25(30,31)32)11-16(24(27,28)29)12-20(21)35-10-9-34(22(35)36)8-2-3-15-13-38-14-15/h4-7,11-12,15H,8-10,13-14H2,1H3. The van der Waals surface area contributed by atoms with Gasteiger partial charge < -0.3 is 14.4 Å². The van der Waals surface area contributed by atoms with E-state index < -0.39 is 52.9 Å². The lowest BCUT2D eigenvalue weighted by Crippen LogP contribution is -2.34. The van der Waals surface area contributed by atoms with E-state index in [0.717, 1.165) is 41.1 Å². The van der Waals surface area contributed by atoms with E-state index >= 15 is 0 Å². The third kappa shape index (κ3) is 6.19. The molecule has 0 bridgehead atoms. The largest absolute Gasteiger partial charge is 0.420 e. The topological polar surface area (TPSA) is 62.3 Å². The number of hydrogen-bond donors (Lipinski definition) is 0. The van der Waals surface area contributed by atoms with Crippen LogP contribution in [0.25, 0.3) is 0 Å². The Morgan fingerprint density at radius 3 is 2.31 bits per heavy atom. The fourth-order valence-corrected chi connectivity index (χ4v) is 3.78. The van der Waals surface area contributed by atoms with Crippen LogP contribution >= 0.6 is 0 Å². The fraction of sp³-hybridized carbons (Fsp3) is 0.360. The minimum Gasteiger partial charge on any atom is -0.407 e. The second-order valence-corrected chi connectivity index (χ2v) is 8.68. The summed E-state index contributed by atoms with van der Waals surface area (Å²) in [4.78, 5) is 28.4. The summed E-state index contributed by atoms with van der Waals surface area (Å²) in [7, 11) is 1.11. The highest BCUT2D eigenvalue weighted by atomic mass is 19.4. The average Bonchev–Trinajstić information content (AvgIpc) is 3.19. The lowest BCUT2D eigenvalue weighted by Gasteiger charge is -2.26. The summed E-state index contributed by atoms with van der Waals surface area (Å²) in [5.41, 5.74) is -4.44. The van der Waals surface area contributed by atoms with Gasteiger partial charge in [0.25, 0.3) is 0 Å². The van der Waals surface area contributed by atoms with Crippen LogP contribution in [0.3, 0.4) is 0 Å². The van der Waals surface area contributed by atoms with Crippen LogP contribution < -0.4 is 14.5 Å². The minimum absolute atomic E-state index is 0.0132. The maximum Gasteiger partial charge on any atom is 0.420 e. The zero-order chi connectivity index (χ0) is 28.5. The molecule has 0 saturated carbocycles. The number of carbonyl (C=O) groups is 2. The predicted octanol–water partition coefficient (Wildman–Crippen LogP) is 5.39. The molecule has 208 valence electrons. The van der Waals surface area contributed by atoms with Gasteiger partial charge in [0.05, 0.1) is 36.9 Å². The second kappa shape index (κ2) is 10.6. The Hall–Kier alpha value is -3.99. The molecule has 2 heterocycles. The van der Waals surface area contributed by atoms with Crippen molar-refractivity contribution in [1.82, 2.24) is 4.90 Å². The van der Waals surface area contributed by atoms with E-state index in [1.165, 1.54) is 0 Å². The van der Waals surface area contributed by atoms with E-state index in [0.29, 0.717) is 24.2 Å². The van der Waals surface area contributed by atoms with Gasteiger partial charge >= 0.3 is 24.5 Å². The molecule has 2 aromatic rings. The minimum atomic E-state index is -5.39.